The van der Waals surface area contributed by atoms with Crippen molar-refractivity contribution < 1.29 is 4.79 Å². The number of hydrogen-bond donors (Lipinski definition) is 1. The first-order valence-corrected chi connectivity index (χ1v) is 9.14. The number of fused-ring (bicyclic) bond motifs is 1. The summed E-state index contributed by atoms with van der Waals surface area (Å²) in [5, 5.41) is 3.62. The van der Waals surface area contributed by atoms with Gasteiger partial charge in [0.1, 0.15) is 5.82 Å². The summed E-state index contributed by atoms with van der Waals surface area (Å²) in [4.78, 5) is 16.3. The molecule has 1 amide bonds. The summed E-state index contributed by atoms with van der Waals surface area (Å²) in [6.07, 6.45) is 4.92. The molecule has 1 aromatic heterocycles. The topological polar surface area (TPSA) is 46.9 Å². The van der Waals surface area contributed by atoms with E-state index in [-0.39, 0.29) is 5.91 Å². The highest BCUT2D eigenvalue weighted by molar-refractivity contribution is 6.30. The zero-order valence-electron chi connectivity index (χ0n) is 14.8. The van der Waals surface area contributed by atoms with E-state index in [1.807, 2.05) is 49.4 Å². The minimum Gasteiger partial charge on any atom is -0.353 e. The lowest BCUT2D eigenvalue weighted by Crippen LogP contribution is -2.22. The molecule has 0 aliphatic carbocycles. The van der Waals surface area contributed by atoms with Gasteiger partial charge in [-0.2, -0.15) is 0 Å². The number of carbonyl (C=O) groups excluding carboxylic acids is 1. The second kappa shape index (κ2) is 8.68. The summed E-state index contributed by atoms with van der Waals surface area (Å²) in [5.41, 5.74) is 3.30. The van der Waals surface area contributed by atoms with Gasteiger partial charge in [0, 0.05) is 24.5 Å². The van der Waals surface area contributed by atoms with E-state index in [2.05, 4.69) is 16.0 Å². The number of benzene rings is 2. The third kappa shape index (κ3) is 4.52. The molecule has 4 nitrogen and oxygen atoms in total. The molecule has 0 atom stereocenters. The molecule has 5 heteroatoms. The number of amides is 1. The summed E-state index contributed by atoms with van der Waals surface area (Å²) >= 11 is 5.99. The molecule has 3 aromatic rings. The smallest absolute Gasteiger partial charge is 0.243 e. The first kappa shape index (κ1) is 18.2. The van der Waals surface area contributed by atoms with Crippen LogP contribution in [0.1, 0.15) is 24.7 Å². The van der Waals surface area contributed by atoms with Crippen LogP contribution in [-0.4, -0.2) is 22.0 Å². The van der Waals surface area contributed by atoms with Crippen molar-refractivity contribution in [3.8, 4) is 0 Å². The second-order valence-electron chi connectivity index (χ2n) is 6.12. The van der Waals surface area contributed by atoms with E-state index < -0.39 is 0 Å². The van der Waals surface area contributed by atoms with Crippen molar-refractivity contribution in [2.75, 3.05) is 6.54 Å². The van der Waals surface area contributed by atoms with Gasteiger partial charge in [-0.05, 0) is 49.2 Å². The summed E-state index contributed by atoms with van der Waals surface area (Å²) in [7, 11) is 0. The lowest BCUT2D eigenvalue weighted by molar-refractivity contribution is -0.116. The molecular weight excluding hydrogens is 346 g/mol. The fraction of sp³-hybridized carbons (Fsp3) is 0.238. The Morgan fingerprint density at radius 3 is 2.73 bits per heavy atom. The molecule has 1 N–H and O–H groups in total. The van der Waals surface area contributed by atoms with Gasteiger partial charge >= 0.3 is 0 Å². The third-order valence-electron chi connectivity index (χ3n) is 4.18. The highest BCUT2D eigenvalue weighted by atomic mass is 35.5. The Morgan fingerprint density at radius 1 is 1.19 bits per heavy atom. The third-order valence-corrected chi connectivity index (χ3v) is 4.43. The van der Waals surface area contributed by atoms with Crippen LogP contribution >= 0.6 is 11.6 Å². The maximum atomic E-state index is 11.5. The maximum Gasteiger partial charge on any atom is 0.243 e. The van der Waals surface area contributed by atoms with Crippen molar-refractivity contribution >= 4 is 28.5 Å². The van der Waals surface area contributed by atoms with E-state index in [9.17, 15) is 4.79 Å². The first-order valence-electron chi connectivity index (χ1n) is 8.76. The molecule has 0 radical (unpaired) electrons. The lowest BCUT2D eigenvalue weighted by atomic mass is 10.2. The molecule has 0 aliphatic rings. The van der Waals surface area contributed by atoms with Crippen molar-refractivity contribution in [2.24, 2.45) is 0 Å². The van der Waals surface area contributed by atoms with Crippen LogP contribution in [-0.2, 0) is 17.8 Å². The van der Waals surface area contributed by atoms with Gasteiger partial charge in [-0.25, -0.2) is 4.98 Å². The number of nitrogens with zero attached hydrogens (tertiary/aromatic N) is 2. The van der Waals surface area contributed by atoms with E-state index in [1.54, 1.807) is 6.08 Å². The van der Waals surface area contributed by atoms with Gasteiger partial charge < -0.3 is 9.88 Å². The van der Waals surface area contributed by atoms with E-state index in [0.29, 0.717) is 6.54 Å². The van der Waals surface area contributed by atoms with Gasteiger partial charge in [0.2, 0.25) is 5.91 Å². The van der Waals surface area contributed by atoms with Crippen molar-refractivity contribution in [3.05, 3.63) is 77.1 Å². The summed E-state index contributed by atoms with van der Waals surface area (Å²) < 4.78 is 2.24. The van der Waals surface area contributed by atoms with Crippen LogP contribution in [0.3, 0.4) is 0 Å². The van der Waals surface area contributed by atoms with Crippen molar-refractivity contribution in [1.29, 1.82) is 0 Å². The molecule has 134 valence electrons. The van der Waals surface area contributed by atoms with Crippen LogP contribution < -0.4 is 5.32 Å². The highest BCUT2D eigenvalue weighted by Crippen LogP contribution is 2.20. The molecule has 0 fully saturated rings. The number of aryl methyl sites for hydroxylation is 1. The number of hydrogen-bond acceptors (Lipinski definition) is 2. The van der Waals surface area contributed by atoms with Crippen LogP contribution in [0.15, 0.2) is 60.7 Å². The molecule has 3 rings (SSSR count). The molecule has 1 heterocycles. The van der Waals surface area contributed by atoms with Gasteiger partial charge in [0.05, 0.1) is 11.0 Å². The van der Waals surface area contributed by atoms with Gasteiger partial charge in [-0.1, -0.05) is 41.9 Å². The normalized spacial score (nSPS) is 11.3. The Bertz CT molecular complexity index is 913. The minimum absolute atomic E-state index is 0.0535. The lowest BCUT2D eigenvalue weighted by Gasteiger charge is -2.10. The predicted octanol–water partition coefficient (Wildman–Crippen LogP) is 4.36. The van der Waals surface area contributed by atoms with Crippen LogP contribution in [0, 0.1) is 0 Å². The summed E-state index contributed by atoms with van der Waals surface area (Å²) in [6, 6.07) is 16.1. The van der Waals surface area contributed by atoms with Crippen molar-refractivity contribution in [2.45, 2.75) is 26.3 Å². The second-order valence-corrected chi connectivity index (χ2v) is 6.56. The molecule has 0 bridgehead atoms. The molecule has 0 saturated heterocycles. The van der Waals surface area contributed by atoms with Crippen LogP contribution in [0.4, 0.5) is 0 Å². The molecule has 0 spiro atoms. The van der Waals surface area contributed by atoms with E-state index in [0.717, 1.165) is 41.3 Å². The quantitative estimate of drug-likeness (QED) is 0.498. The molecule has 0 aliphatic heterocycles. The summed E-state index contributed by atoms with van der Waals surface area (Å²) in [6.45, 7) is 3.21. The Hall–Kier alpha value is -2.59. The summed E-state index contributed by atoms with van der Waals surface area (Å²) in [5.74, 6) is 0.976. The van der Waals surface area contributed by atoms with Crippen LogP contribution in [0.2, 0.25) is 5.02 Å². The van der Waals surface area contributed by atoms with Crippen molar-refractivity contribution in [3.63, 3.8) is 0 Å². The number of imidazole rings is 1. The Kier molecular flexibility index (Phi) is 6.08. The zero-order chi connectivity index (χ0) is 18.4. The molecule has 0 unspecified atom stereocenters. The van der Waals surface area contributed by atoms with E-state index in [4.69, 9.17) is 16.6 Å². The Balaban J connectivity index is 1.76. The number of halogens is 1. The maximum absolute atomic E-state index is 11.5. The molecule has 2 aromatic carbocycles. The standard InChI is InChI=1S/C21H22ClN3O/c1-2-6-21(26)23-14-5-9-20-24-18-7-3-4-8-19(18)25(20)15-16-10-12-17(22)13-11-16/h2-4,6-8,10-13H,5,9,14-15H2,1H3,(H,23,26)/b6-2-. The van der Waals surface area contributed by atoms with E-state index >= 15 is 0 Å². The minimum atomic E-state index is -0.0535. The molecule has 26 heavy (non-hydrogen) atoms. The number of aromatic nitrogens is 2. The van der Waals surface area contributed by atoms with Gasteiger partial charge in [-0.3, -0.25) is 4.79 Å². The largest absolute Gasteiger partial charge is 0.353 e. The molecular formula is C21H22ClN3O. The number of rotatable bonds is 7. The highest BCUT2D eigenvalue weighted by Gasteiger charge is 2.11. The predicted molar refractivity (Wildman–Crippen MR) is 106 cm³/mol. The number of carbonyl (C=O) groups is 1. The van der Waals surface area contributed by atoms with Gasteiger partial charge in [0.15, 0.2) is 0 Å². The van der Waals surface area contributed by atoms with Gasteiger partial charge in [0.25, 0.3) is 0 Å². The SMILES string of the molecule is C/C=C\C(=O)NCCCc1nc2ccccc2n1Cc1ccc(Cl)cc1. The fourth-order valence-electron chi connectivity index (χ4n) is 2.93. The Morgan fingerprint density at radius 2 is 1.96 bits per heavy atom. The number of allylic oxidation sites excluding steroid dienone is 1. The Labute approximate surface area is 158 Å². The first-order chi connectivity index (χ1) is 12.7. The van der Waals surface area contributed by atoms with E-state index in [1.165, 1.54) is 11.6 Å². The average molecular weight is 368 g/mol. The van der Waals surface area contributed by atoms with Crippen LogP contribution in [0.5, 0.6) is 0 Å². The number of nitrogens with one attached hydrogen (secondary N) is 1. The van der Waals surface area contributed by atoms with Crippen LogP contribution in [0.25, 0.3) is 11.0 Å². The van der Waals surface area contributed by atoms with Crippen molar-refractivity contribution in [1.82, 2.24) is 14.9 Å². The zero-order valence-corrected chi connectivity index (χ0v) is 15.5. The molecule has 0 saturated carbocycles. The monoisotopic (exact) mass is 367 g/mol. The average Bonchev–Trinajstić information content (AvgIpc) is 2.98. The van der Waals surface area contributed by atoms with Gasteiger partial charge in [-0.15, -0.1) is 0 Å². The number of para-hydroxylation sites is 2. The fourth-order valence-corrected chi connectivity index (χ4v) is 3.06.